The van der Waals surface area contributed by atoms with Crippen LogP contribution < -0.4 is 5.32 Å². The van der Waals surface area contributed by atoms with Crippen molar-refractivity contribution < 1.29 is 4.79 Å². The third kappa shape index (κ3) is 3.54. The molecule has 1 rings (SSSR count). The number of nitriles is 1. The van der Waals surface area contributed by atoms with Crippen LogP contribution in [0.5, 0.6) is 0 Å². The number of carbonyl (C=O) groups is 1. The highest BCUT2D eigenvalue weighted by atomic mass is 16.2. The first kappa shape index (κ1) is 12.0. The van der Waals surface area contributed by atoms with Crippen LogP contribution in [0, 0.1) is 16.7 Å². The largest absolute Gasteiger partial charge is 0.356 e. The molecule has 0 radical (unpaired) electrons. The van der Waals surface area contributed by atoms with E-state index in [1.807, 2.05) is 0 Å². The monoisotopic (exact) mass is 208 g/mol. The van der Waals surface area contributed by atoms with Gasteiger partial charge in [0.2, 0.25) is 5.91 Å². The number of nitrogens with zero attached hydrogens (tertiary/aromatic N) is 1. The van der Waals surface area contributed by atoms with Gasteiger partial charge < -0.3 is 5.32 Å². The summed E-state index contributed by atoms with van der Waals surface area (Å²) in [6.07, 6.45) is 6.91. The summed E-state index contributed by atoms with van der Waals surface area (Å²) in [5.74, 6) is 0.181. The van der Waals surface area contributed by atoms with E-state index in [1.54, 1.807) is 0 Å². The highest BCUT2D eigenvalue weighted by molar-refractivity contribution is 5.82. The maximum absolute atomic E-state index is 11.9. The van der Waals surface area contributed by atoms with Gasteiger partial charge in [0.1, 0.15) is 0 Å². The zero-order chi connectivity index (χ0) is 11.1. The maximum atomic E-state index is 11.9. The number of unbranched alkanes of at least 4 members (excludes halogenated alkanes) is 1. The third-order valence-corrected chi connectivity index (χ3v) is 3.26. The van der Waals surface area contributed by atoms with Crippen LogP contribution >= 0.6 is 0 Å². The lowest BCUT2D eigenvalue weighted by Gasteiger charge is -2.31. The molecule has 3 nitrogen and oxygen atoms in total. The first-order valence-electron chi connectivity index (χ1n) is 5.84. The summed E-state index contributed by atoms with van der Waals surface area (Å²) in [4.78, 5) is 11.9. The average molecular weight is 208 g/mol. The number of rotatable bonds is 4. The van der Waals surface area contributed by atoms with Crippen molar-refractivity contribution >= 4 is 5.91 Å². The van der Waals surface area contributed by atoms with E-state index in [0.29, 0.717) is 13.0 Å². The lowest BCUT2D eigenvalue weighted by Crippen LogP contribution is -2.40. The molecule has 1 N–H and O–H groups in total. The second-order valence-electron chi connectivity index (χ2n) is 4.64. The minimum absolute atomic E-state index is 0.148. The number of amides is 1. The molecule has 0 aromatic carbocycles. The molecule has 1 aliphatic rings. The molecular formula is C12H20N2O. The molecule has 0 bridgehead atoms. The van der Waals surface area contributed by atoms with Gasteiger partial charge in [0.05, 0.1) is 6.07 Å². The van der Waals surface area contributed by atoms with Gasteiger partial charge in [-0.25, -0.2) is 0 Å². The Bertz CT molecular complexity index is 249. The van der Waals surface area contributed by atoms with Crippen molar-refractivity contribution in [3.05, 3.63) is 0 Å². The fourth-order valence-corrected chi connectivity index (χ4v) is 2.14. The molecule has 84 valence electrons. The van der Waals surface area contributed by atoms with Gasteiger partial charge in [0.25, 0.3) is 0 Å². The Morgan fingerprint density at radius 3 is 2.67 bits per heavy atom. The molecule has 1 fully saturated rings. The van der Waals surface area contributed by atoms with Crippen molar-refractivity contribution in [2.24, 2.45) is 5.41 Å². The maximum Gasteiger partial charge on any atom is 0.225 e. The molecule has 1 amide bonds. The van der Waals surface area contributed by atoms with E-state index >= 15 is 0 Å². The summed E-state index contributed by atoms with van der Waals surface area (Å²) in [5, 5.41) is 11.3. The van der Waals surface area contributed by atoms with E-state index in [9.17, 15) is 4.79 Å². The van der Waals surface area contributed by atoms with Crippen LogP contribution in [0.1, 0.15) is 51.9 Å². The fourth-order valence-electron chi connectivity index (χ4n) is 2.14. The van der Waals surface area contributed by atoms with Crippen molar-refractivity contribution in [3.63, 3.8) is 0 Å². The summed E-state index contributed by atoms with van der Waals surface area (Å²) in [7, 11) is 0. The SMILES string of the molecule is CC1(C(=O)NCCCC#N)CCCCC1. The van der Waals surface area contributed by atoms with Crippen molar-refractivity contribution in [1.82, 2.24) is 5.32 Å². The topological polar surface area (TPSA) is 52.9 Å². The number of carbonyl (C=O) groups excluding carboxylic acids is 1. The zero-order valence-corrected chi connectivity index (χ0v) is 9.51. The molecular weight excluding hydrogens is 188 g/mol. The van der Waals surface area contributed by atoms with Gasteiger partial charge in [-0.3, -0.25) is 4.79 Å². The molecule has 3 heteroatoms. The lowest BCUT2D eigenvalue weighted by molar-refractivity contribution is -0.131. The van der Waals surface area contributed by atoms with Gasteiger partial charge in [-0.2, -0.15) is 5.26 Å². The molecule has 0 aliphatic heterocycles. The van der Waals surface area contributed by atoms with Gasteiger partial charge in [-0.15, -0.1) is 0 Å². The minimum atomic E-state index is -0.148. The molecule has 0 saturated heterocycles. The molecule has 0 aromatic heterocycles. The quantitative estimate of drug-likeness (QED) is 0.721. The van der Waals surface area contributed by atoms with Crippen molar-refractivity contribution in [2.45, 2.75) is 51.9 Å². The Morgan fingerprint density at radius 2 is 2.07 bits per heavy atom. The van der Waals surface area contributed by atoms with E-state index in [2.05, 4.69) is 18.3 Å². The Balaban J connectivity index is 2.29. The first-order chi connectivity index (χ1) is 7.19. The molecule has 1 aliphatic carbocycles. The molecule has 15 heavy (non-hydrogen) atoms. The number of nitrogens with one attached hydrogen (secondary N) is 1. The molecule has 0 unspecified atom stereocenters. The molecule has 0 atom stereocenters. The van der Waals surface area contributed by atoms with Gasteiger partial charge in [0, 0.05) is 18.4 Å². The van der Waals surface area contributed by atoms with Crippen LogP contribution in [0.4, 0.5) is 0 Å². The van der Waals surface area contributed by atoms with E-state index in [-0.39, 0.29) is 11.3 Å². The van der Waals surface area contributed by atoms with Crippen LogP contribution in [0.25, 0.3) is 0 Å². The van der Waals surface area contributed by atoms with Crippen LogP contribution in [0.3, 0.4) is 0 Å². The molecule has 0 spiro atoms. The summed E-state index contributed by atoms with van der Waals surface area (Å²) >= 11 is 0. The normalized spacial score (nSPS) is 19.2. The summed E-state index contributed by atoms with van der Waals surface area (Å²) in [6.45, 7) is 2.70. The van der Waals surface area contributed by atoms with Gasteiger partial charge in [-0.05, 0) is 19.3 Å². The van der Waals surface area contributed by atoms with E-state index in [1.165, 1.54) is 19.3 Å². The smallest absolute Gasteiger partial charge is 0.225 e. The van der Waals surface area contributed by atoms with Crippen molar-refractivity contribution in [3.8, 4) is 6.07 Å². The average Bonchev–Trinajstić information content (AvgIpc) is 2.25. The predicted molar refractivity (Wildman–Crippen MR) is 59.0 cm³/mol. The standard InChI is InChI=1S/C12H20N2O/c1-12(7-3-2-4-8-12)11(15)14-10-6-5-9-13/h2-8,10H2,1H3,(H,14,15). The first-order valence-corrected chi connectivity index (χ1v) is 5.84. The fraction of sp³-hybridized carbons (Fsp3) is 0.833. The van der Waals surface area contributed by atoms with E-state index < -0.39 is 0 Å². The van der Waals surface area contributed by atoms with Crippen molar-refractivity contribution in [2.75, 3.05) is 6.54 Å². The Labute approximate surface area is 91.9 Å². The van der Waals surface area contributed by atoms with Gasteiger partial charge >= 0.3 is 0 Å². The van der Waals surface area contributed by atoms with Crippen LogP contribution in [-0.4, -0.2) is 12.5 Å². The second-order valence-corrected chi connectivity index (χ2v) is 4.64. The summed E-state index contributed by atoms with van der Waals surface area (Å²) in [6, 6.07) is 2.08. The zero-order valence-electron chi connectivity index (χ0n) is 9.51. The molecule has 1 saturated carbocycles. The summed E-state index contributed by atoms with van der Waals surface area (Å²) in [5.41, 5.74) is -0.148. The highest BCUT2D eigenvalue weighted by Gasteiger charge is 2.33. The van der Waals surface area contributed by atoms with E-state index in [4.69, 9.17) is 5.26 Å². The van der Waals surface area contributed by atoms with Gasteiger partial charge in [-0.1, -0.05) is 26.2 Å². The highest BCUT2D eigenvalue weighted by Crippen LogP contribution is 2.35. The van der Waals surface area contributed by atoms with Crippen LogP contribution in [-0.2, 0) is 4.79 Å². The summed E-state index contributed by atoms with van der Waals surface area (Å²) < 4.78 is 0. The number of hydrogen-bond acceptors (Lipinski definition) is 2. The van der Waals surface area contributed by atoms with E-state index in [0.717, 1.165) is 19.3 Å². The Kier molecular flexibility index (Phi) is 4.61. The number of hydrogen-bond donors (Lipinski definition) is 1. The Hall–Kier alpha value is -1.04. The minimum Gasteiger partial charge on any atom is -0.356 e. The molecule has 0 heterocycles. The van der Waals surface area contributed by atoms with Crippen molar-refractivity contribution in [1.29, 1.82) is 5.26 Å². The van der Waals surface area contributed by atoms with Crippen LogP contribution in [0.15, 0.2) is 0 Å². The lowest BCUT2D eigenvalue weighted by atomic mass is 9.75. The second kappa shape index (κ2) is 5.75. The predicted octanol–water partition coefficient (Wildman–Crippen LogP) is 2.38. The van der Waals surface area contributed by atoms with Gasteiger partial charge in [0.15, 0.2) is 0 Å². The van der Waals surface area contributed by atoms with Crippen LogP contribution in [0.2, 0.25) is 0 Å². The Morgan fingerprint density at radius 1 is 1.40 bits per heavy atom. The third-order valence-electron chi connectivity index (χ3n) is 3.26. The molecule has 0 aromatic rings.